The maximum Gasteiger partial charge on any atom is 0.326 e. The van der Waals surface area contributed by atoms with E-state index in [1.165, 1.54) is 32.4 Å². The van der Waals surface area contributed by atoms with E-state index in [4.69, 9.17) is 9.26 Å². The molecule has 0 aliphatic carbocycles. The smallest absolute Gasteiger partial charge is 0.326 e. The van der Waals surface area contributed by atoms with E-state index in [1.54, 1.807) is 23.0 Å². The van der Waals surface area contributed by atoms with E-state index in [9.17, 15) is 4.79 Å². The number of nitrogens with zero attached hydrogens (tertiary/aromatic N) is 5. The van der Waals surface area contributed by atoms with E-state index in [0.29, 0.717) is 35.2 Å². The Labute approximate surface area is 227 Å². The van der Waals surface area contributed by atoms with Crippen LogP contribution in [0.2, 0.25) is 0 Å². The van der Waals surface area contributed by atoms with Crippen LogP contribution in [-0.4, -0.2) is 56.9 Å². The summed E-state index contributed by atoms with van der Waals surface area (Å²) in [5, 5.41) is 13.6. The van der Waals surface area contributed by atoms with Gasteiger partial charge < -0.3 is 9.26 Å². The molecule has 1 aliphatic rings. The molecular weight excluding hydrogens is 494 g/mol. The van der Waals surface area contributed by atoms with Crippen LogP contribution in [0.15, 0.2) is 53.3 Å². The zero-order valence-corrected chi connectivity index (χ0v) is 22.5. The second-order valence-corrected chi connectivity index (χ2v) is 10.6. The van der Waals surface area contributed by atoms with Crippen LogP contribution in [0.3, 0.4) is 0 Å². The van der Waals surface area contributed by atoms with Gasteiger partial charge in [0.25, 0.3) is 0 Å². The first-order chi connectivity index (χ1) is 18.8. The van der Waals surface area contributed by atoms with Crippen molar-refractivity contribution in [3.63, 3.8) is 0 Å². The van der Waals surface area contributed by atoms with E-state index in [-0.39, 0.29) is 5.41 Å². The molecule has 202 valence electrons. The quantitative estimate of drug-likeness (QED) is 0.342. The first-order valence-corrected chi connectivity index (χ1v) is 13.2. The fourth-order valence-corrected chi connectivity index (χ4v) is 4.21. The number of nitrogens with one attached hydrogen (secondary N) is 2. The first-order valence-electron chi connectivity index (χ1n) is 13.2. The van der Waals surface area contributed by atoms with Gasteiger partial charge in [-0.1, -0.05) is 44.2 Å². The van der Waals surface area contributed by atoms with E-state index >= 15 is 0 Å². The van der Waals surface area contributed by atoms with E-state index < -0.39 is 6.03 Å². The number of hydrogen-bond acceptors (Lipinski definition) is 7. The summed E-state index contributed by atoms with van der Waals surface area (Å²) in [6, 6.07) is 10.8. The van der Waals surface area contributed by atoms with Gasteiger partial charge in [-0.25, -0.2) is 14.3 Å². The van der Waals surface area contributed by atoms with Crippen molar-refractivity contribution in [2.75, 3.05) is 36.9 Å². The van der Waals surface area contributed by atoms with Gasteiger partial charge in [0, 0.05) is 35.2 Å². The molecule has 1 saturated heterocycles. The average Bonchev–Trinajstić information content (AvgIpc) is 3.55. The Morgan fingerprint density at radius 1 is 1.03 bits per heavy atom. The summed E-state index contributed by atoms with van der Waals surface area (Å²) in [7, 11) is 0. The minimum Gasteiger partial charge on any atom is -0.492 e. The van der Waals surface area contributed by atoms with Gasteiger partial charge in [-0.2, -0.15) is 5.10 Å². The lowest BCUT2D eigenvalue weighted by atomic mass is 9.93. The minimum atomic E-state index is -0.480. The van der Waals surface area contributed by atoms with Crippen molar-refractivity contribution in [1.82, 2.24) is 24.7 Å². The molecule has 0 atom stereocenters. The van der Waals surface area contributed by atoms with Crippen molar-refractivity contribution in [2.24, 2.45) is 0 Å². The number of carbonyl (C=O) groups excluding carboxylic acids is 1. The van der Waals surface area contributed by atoms with Crippen molar-refractivity contribution in [2.45, 2.75) is 45.4 Å². The number of ether oxygens (including phenoxy) is 1. The predicted molar refractivity (Wildman–Crippen MR) is 149 cm³/mol. The molecule has 1 aromatic carbocycles. The minimum absolute atomic E-state index is 0.207. The third-order valence-corrected chi connectivity index (χ3v) is 6.38. The Balaban J connectivity index is 1.15. The van der Waals surface area contributed by atoms with Gasteiger partial charge in [-0.05, 0) is 50.2 Å². The molecule has 0 bridgehead atoms. The SMILES string of the molecule is CC(C)(C)c1cc(NC(=O)Nc2cn3ncc(C#Cc4ccc(OCCN5CCCCC5)cc4)cc3n2)no1. The van der Waals surface area contributed by atoms with Crippen LogP contribution in [0.1, 0.15) is 56.9 Å². The molecule has 1 aliphatic heterocycles. The molecule has 4 heterocycles. The topological polar surface area (TPSA) is 110 Å². The number of rotatable bonds is 6. The number of fused-ring (bicyclic) bond motifs is 1. The molecule has 10 nitrogen and oxygen atoms in total. The van der Waals surface area contributed by atoms with Crippen LogP contribution in [0, 0.1) is 11.8 Å². The Morgan fingerprint density at radius 3 is 2.51 bits per heavy atom. The molecule has 39 heavy (non-hydrogen) atoms. The lowest BCUT2D eigenvalue weighted by molar-refractivity contribution is 0.183. The first kappa shape index (κ1) is 26.3. The van der Waals surface area contributed by atoms with Crippen LogP contribution >= 0.6 is 0 Å². The Bertz CT molecular complexity index is 1480. The summed E-state index contributed by atoms with van der Waals surface area (Å²) in [6.45, 7) is 10.0. The molecule has 0 spiro atoms. The number of imidazole rings is 1. The summed E-state index contributed by atoms with van der Waals surface area (Å²) in [4.78, 5) is 19.3. The number of benzene rings is 1. The van der Waals surface area contributed by atoms with Gasteiger partial charge in [0.2, 0.25) is 0 Å². The molecule has 1 fully saturated rings. The molecule has 4 aromatic rings. The highest BCUT2D eigenvalue weighted by Gasteiger charge is 2.20. The number of likely N-dealkylation sites (tertiary alicyclic amines) is 1. The zero-order valence-electron chi connectivity index (χ0n) is 22.5. The van der Waals surface area contributed by atoms with Gasteiger partial charge in [-0.3, -0.25) is 15.5 Å². The van der Waals surface area contributed by atoms with Gasteiger partial charge in [0.05, 0.1) is 12.4 Å². The van der Waals surface area contributed by atoms with E-state index in [2.05, 4.69) is 42.6 Å². The molecule has 0 unspecified atom stereocenters. The third kappa shape index (κ3) is 7.15. The van der Waals surface area contributed by atoms with Crippen molar-refractivity contribution in [1.29, 1.82) is 0 Å². The number of amides is 2. The summed E-state index contributed by atoms with van der Waals surface area (Å²) < 4.78 is 12.8. The maximum absolute atomic E-state index is 12.4. The number of anilines is 2. The van der Waals surface area contributed by atoms with Gasteiger partial charge in [0.1, 0.15) is 18.1 Å². The lowest BCUT2D eigenvalue weighted by Gasteiger charge is -2.26. The van der Waals surface area contributed by atoms with Gasteiger partial charge >= 0.3 is 6.03 Å². The Kier molecular flexibility index (Phi) is 7.79. The molecule has 2 N–H and O–H groups in total. The normalized spacial score (nSPS) is 14.0. The molecule has 10 heteroatoms. The number of piperidine rings is 1. The second-order valence-electron chi connectivity index (χ2n) is 10.6. The summed E-state index contributed by atoms with van der Waals surface area (Å²) in [5.74, 6) is 8.48. The zero-order chi connectivity index (χ0) is 27.2. The fourth-order valence-electron chi connectivity index (χ4n) is 4.21. The highest BCUT2D eigenvalue weighted by Crippen LogP contribution is 2.24. The summed E-state index contributed by atoms with van der Waals surface area (Å²) in [6.07, 6.45) is 7.20. The average molecular weight is 528 g/mol. The molecule has 5 rings (SSSR count). The van der Waals surface area contributed by atoms with Crippen molar-refractivity contribution in [3.8, 4) is 17.6 Å². The lowest BCUT2D eigenvalue weighted by Crippen LogP contribution is -2.33. The number of hydrogen-bond donors (Lipinski definition) is 2. The molecule has 2 amide bonds. The summed E-state index contributed by atoms with van der Waals surface area (Å²) >= 11 is 0. The standard InChI is InChI=1S/C29H33N7O3/c1-29(2,3)24-18-25(34-39-24)32-28(37)33-26-20-36-27(31-26)17-22(19-30-36)8-7-21-9-11-23(12-10-21)38-16-15-35-13-5-4-6-14-35/h9-12,17-20H,4-6,13-16H2,1-3H3,(H2,32,33,34,37). The van der Waals surface area contributed by atoms with Crippen molar-refractivity contribution >= 4 is 23.3 Å². The number of carbonyl (C=O) groups is 1. The van der Waals surface area contributed by atoms with Crippen LogP contribution in [0.4, 0.5) is 16.4 Å². The third-order valence-electron chi connectivity index (χ3n) is 6.38. The molecule has 0 saturated carbocycles. The predicted octanol–water partition coefficient (Wildman–Crippen LogP) is 4.92. The Hall–Kier alpha value is -4.36. The monoisotopic (exact) mass is 527 g/mol. The molecule has 3 aromatic heterocycles. The van der Waals surface area contributed by atoms with Crippen molar-refractivity contribution in [3.05, 3.63) is 65.7 Å². The number of urea groups is 1. The van der Waals surface area contributed by atoms with Crippen LogP contribution in [-0.2, 0) is 5.41 Å². The number of aromatic nitrogens is 4. The van der Waals surface area contributed by atoms with Crippen molar-refractivity contribution < 1.29 is 14.1 Å². The van der Waals surface area contributed by atoms with E-state index in [0.717, 1.165) is 17.9 Å². The highest BCUT2D eigenvalue weighted by atomic mass is 16.5. The highest BCUT2D eigenvalue weighted by molar-refractivity contribution is 5.98. The van der Waals surface area contributed by atoms with Crippen LogP contribution in [0.5, 0.6) is 5.75 Å². The van der Waals surface area contributed by atoms with Gasteiger partial charge in [-0.15, -0.1) is 0 Å². The molecule has 0 radical (unpaired) electrons. The van der Waals surface area contributed by atoms with Crippen LogP contribution < -0.4 is 15.4 Å². The largest absolute Gasteiger partial charge is 0.492 e. The fraction of sp³-hybridized carbons (Fsp3) is 0.379. The van der Waals surface area contributed by atoms with Gasteiger partial charge in [0.15, 0.2) is 17.3 Å². The van der Waals surface area contributed by atoms with E-state index in [1.807, 2.05) is 51.1 Å². The summed E-state index contributed by atoms with van der Waals surface area (Å²) in [5.41, 5.74) is 1.94. The Morgan fingerprint density at radius 2 is 1.77 bits per heavy atom. The molecular formula is C29H33N7O3. The van der Waals surface area contributed by atoms with Crippen LogP contribution in [0.25, 0.3) is 5.65 Å². The second kappa shape index (κ2) is 11.6. The maximum atomic E-state index is 12.4.